The van der Waals surface area contributed by atoms with Gasteiger partial charge >= 0.3 is 0 Å². The molecule has 0 radical (unpaired) electrons. The Morgan fingerprint density at radius 2 is 1.88 bits per heavy atom. The standard InChI is InChI=1S/C25H25ClN4O3/c1-5-17-6-9-19(10-7-17)30-25-24(16(3)29-30)15(2)12-23(28-25)33-14-22(31)27-20-13-18(26)8-11-21(20)32-4/h6-13H,5,14H2,1-4H3,(H,27,31). The zero-order chi connectivity index (χ0) is 23.5. The molecule has 0 aliphatic carbocycles. The highest BCUT2D eigenvalue weighted by Crippen LogP contribution is 2.28. The summed E-state index contributed by atoms with van der Waals surface area (Å²) in [5, 5.41) is 8.91. The molecule has 2 aromatic carbocycles. The Morgan fingerprint density at radius 3 is 2.58 bits per heavy atom. The van der Waals surface area contributed by atoms with Crippen LogP contribution in [-0.4, -0.2) is 34.4 Å². The molecule has 1 amide bonds. The number of hydrogen-bond donors (Lipinski definition) is 1. The molecule has 2 aromatic heterocycles. The molecule has 7 nitrogen and oxygen atoms in total. The van der Waals surface area contributed by atoms with Gasteiger partial charge < -0.3 is 14.8 Å². The van der Waals surface area contributed by atoms with Crippen LogP contribution < -0.4 is 14.8 Å². The molecular formula is C25H25ClN4O3. The number of halogens is 1. The lowest BCUT2D eigenvalue weighted by Gasteiger charge is -2.11. The Bertz CT molecular complexity index is 1320. The van der Waals surface area contributed by atoms with E-state index in [4.69, 9.17) is 21.1 Å². The van der Waals surface area contributed by atoms with Gasteiger partial charge in [-0.15, -0.1) is 0 Å². The smallest absolute Gasteiger partial charge is 0.262 e. The number of benzene rings is 2. The van der Waals surface area contributed by atoms with Crippen molar-refractivity contribution < 1.29 is 14.3 Å². The first-order chi connectivity index (χ1) is 15.9. The van der Waals surface area contributed by atoms with Gasteiger partial charge in [-0.3, -0.25) is 4.79 Å². The van der Waals surface area contributed by atoms with Crippen LogP contribution in [0.4, 0.5) is 5.69 Å². The van der Waals surface area contributed by atoms with Crippen molar-refractivity contribution in [1.29, 1.82) is 0 Å². The number of rotatable bonds is 7. The maximum Gasteiger partial charge on any atom is 0.262 e. The summed E-state index contributed by atoms with van der Waals surface area (Å²) in [7, 11) is 1.53. The van der Waals surface area contributed by atoms with Gasteiger partial charge in [-0.05, 0) is 61.7 Å². The third kappa shape index (κ3) is 4.78. The van der Waals surface area contributed by atoms with E-state index in [1.807, 2.05) is 32.0 Å². The highest BCUT2D eigenvalue weighted by Gasteiger charge is 2.16. The molecule has 170 valence electrons. The predicted molar refractivity (Wildman–Crippen MR) is 130 cm³/mol. The summed E-state index contributed by atoms with van der Waals surface area (Å²) >= 11 is 6.03. The van der Waals surface area contributed by atoms with Crippen molar-refractivity contribution >= 4 is 34.2 Å². The van der Waals surface area contributed by atoms with Gasteiger partial charge in [0, 0.05) is 16.5 Å². The van der Waals surface area contributed by atoms with Gasteiger partial charge in [-0.1, -0.05) is 30.7 Å². The summed E-state index contributed by atoms with van der Waals surface area (Å²) in [4.78, 5) is 17.1. The topological polar surface area (TPSA) is 78.3 Å². The van der Waals surface area contributed by atoms with E-state index in [1.54, 1.807) is 22.9 Å². The van der Waals surface area contributed by atoms with Crippen molar-refractivity contribution in [1.82, 2.24) is 14.8 Å². The van der Waals surface area contributed by atoms with Crippen molar-refractivity contribution in [3.63, 3.8) is 0 Å². The van der Waals surface area contributed by atoms with Crippen LogP contribution in [0.3, 0.4) is 0 Å². The van der Waals surface area contributed by atoms with Gasteiger partial charge in [0.05, 0.1) is 24.2 Å². The minimum Gasteiger partial charge on any atom is -0.495 e. The second-order valence-electron chi connectivity index (χ2n) is 7.67. The van der Waals surface area contributed by atoms with E-state index in [0.717, 1.165) is 28.8 Å². The highest BCUT2D eigenvalue weighted by atomic mass is 35.5. The molecule has 0 spiro atoms. The largest absolute Gasteiger partial charge is 0.495 e. The molecule has 4 aromatic rings. The molecule has 4 rings (SSSR count). The van der Waals surface area contributed by atoms with Crippen molar-refractivity contribution in [2.24, 2.45) is 0 Å². The second kappa shape index (κ2) is 9.50. The Labute approximate surface area is 197 Å². The highest BCUT2D eigenvalue weighted by molar-refractivity contribution is 6.31. The number of carbonyl (C=O) groups excluding carboxylic acids is 1. The van der Waals surface area contributed by atoms with E-state index in [2.05, 4.69) is 34.5 Å². The van der Waals surface area contributed by atoms with Gasteiger partial charge in [0.2, 0.25) is 5.88 Å². The monoisotopic (exact) mass is 464 g/mol. The minimum absolute atomic E-state index is 0.216. The summed E-state index contributed by atoms with van der Waals surface area (Å²) < 4.78 is 12.8. The van der Waals surface area contributed by atoms with Gasteiger partial charge in [0.15, 0.2) is 12.3 Å². The first-order valence-corrected chi connectivity index (χ1v) is 11.0. The van der Waals surface area contributed by atoms with Crippen molar-refractivity contribution in [2.75, 3.05) is 19.0 Å². The van der Waals surface area contributed by atoms with Crippen LogP contribution in [0.25, 0.3) is 16.7 Å². The molecule has 2 heterocycles. The average molecular weight is 465 g/mol. The number of anilines is 1. The Hall–Kier alpha value is -3.58. The number of carbonyl (C=O) groups is 1. The summed E-state index contributed by atoms with van der Waals surface area (Å²) in [5.41, 5.74) is 5.18. The van der Waals surface area contributed by atoms with Crippen molar-refractivity contribution in [2.45, 2.75) is 27.2 Å². The number of pyridine rings is 1. The summed E-state index contributed by atoms with van der Waals surface area (Å²) in [5.74, 6) is 0.506. The Morgan fingerprint density at radius 1 is 1.12 bits per heavy atom. The summed E-state index contributed by atoms with van der Waals surface area (Å²) in [6.45, 7) is 5.84. The predicted octanol–water partition coefficient (Wildman–Crippen LogP) is 5.28. The van der Waals surface area contributed by atoms with Crippen LogP contribution in [0.1, 0.15) is 23.7 Å². The fourth-order valence-electron chi connectivity index (χ4n) is 3.70. The van der Waals surface area contributed by atoms with Crippen LogP contribution in [-0.2, 0) is 11.2 Å². The zero-order valence-electron chi connectivity index (χ0n) is 19.0. The molecular weight excluding hydrogens is 440 g/mol. The van der Waals surface area contributed by atoms with Gasteiger partial charge in [0.1, 0.15) is 5.75 Å². The normalized spacial score (nSPS) is 10.9. The molecule has 0 fully saturated rings. The number of fused-ring (bicyclic) bond motifs is 1. The maximum atomic E-state index is 12.5. The second-order valence-corrected chi connectivity index (χ2v) is 8.11. The summed E-state index contributed by atoms with van der Waals surface area (Å²) in [6, 6.07) is 15.0. The fourth-order valence-corrected chi connectivity index (χ4v) is 3.88. The molecule has 0 aliphatic rings. The minimum atomic E-state index is -0.352. The molecule has 0 bridgehead atoms. The van der Waals surface area contributed by atoms with Crippen LogP contribution in [0.5, 0.6) is 11.6 Å². The molecule has 8 heteroatoms. The summed E-state index contributed by atoms with van der Waals surface area (Å²) in [6.07, 6.45) is 0.970. The number of nitrogens with one attached hydrogen (secondary N) is 1. The van der Waals surface area contributed by atoms with E-state index in [0.29, 0.717) is 28.0 Å². The maximum absolute atomic E-state index is 12.5. The fraction of sp³-hybridized carbons (Fsp3) is 0.240. The number of methoxy groups -OCH3 is 1. The van der Waals surface area contributed by atoms with E-state index in [9.17, 15) is 4.79 Å². The first kappa shape index (κ1) is 22.6. The van der Waals surface area contributed by atoms with E-state index in [1.165, 1.54) is 12.7 Å². The molecule has 33 heavy (non-hydrogen) atoms. The van der Waals surface area contributed by atoms with Crippen LogP contribution in [0, 0.1) is 13.8 Å². The number of aromatic nitrogens is 3. The lowest BCUT2D eigenvalue weighted by molar-refractivity contribution is -0.118. The van der Waals surface area contributed by atoms with Gasteiger partial charge in [-0.25, -0.2) is 4.68 Å². The molecule has 0 unspecified atom stereocenters. The van der Waals surface area contributed by atoms with Crippen LogP contribution >= 0.6 is 11.6 Å². The van der Waals surface area contributed by atoms with Crippen LogP contribution in [0.2, 0.25) is 5.02 Å². The van der Waals surface area contributed by atoms with E-state index >= 15 is 0 Å². The average Bonchev–Trinajstić information content (AvgIpc) is 3.14. The number of aryl methyl sites for hydroxylation is 3. The SMILES string of the molecule is CCc1ccc(-n2nc(C)c3c(C)cc(OCC(=O)Nc4cc(Cl)ccc4OC)nc32)cc1. The molecule has 0 saturated heterocycles. The number of amides is 1. The van der Waals surface area contributed by atoms with Gasteiger partial charge in [0.25, 0.3) is 5.91 Å². The number of hydrogen-bond acceptors (Lipinski definition) is 5. The molecule has 0 atom stereocenters. The lowest BCUT2D eigenvalue weighted by Crippen LogP contribution is -2.21. The van der Waals surface area contributed by atoms with Crippen molar-refractivity contribution in [3.05, 3.63) is 70.4 Å². The third-order valence-electron chi connectivity index (χ3n) is 5.36. The van der Waals surface area contributed by atoms with E-state index in [-0.39, 0.29) is 12.5 Å². The molecule has 0 saturated carbocycles. The van der Waals surface area contributed by atoms with Crippen molar-refractivity contribution in [3.8, 4) is 17.3 Å². The third-order valence-corrected chi connectivity index (χ3v) is 5.60. The lowest BCUT2D eigenvalue weighted by atomic mass is 10.1. The Balaban J connectivity index is 1.57. The van der Waals surface area contributed by atoms with E-state index < -0.39 is 0 Å². The number of ether oxygens (including phenoxy) is 2. The first-order valence-electron chi connectivity index (χ1n) is 10.6. The zero-order valence-corrected chi connectivity index (χ0v) is 19.7. The molecule has 1 N–H and O–H groups in total. The quantitative estimate of drug-likeness (QED) is 0.402. The Kier molecular flexibility index (Phi) is 6.51. The van der Waals surface area contributed by atoms with Crippen LogP contribution in [0.15, 0.2) is 48.5 Å². The van der Waals surface area contributed by atoms with Gasteiger partial charge in [-0.2, -0.15) is 10.1 Å². The number of nitrogens with zero attached hydrogens (tertiary/aromatic N) is 3. The molecule has 0 aliphatic heterocycles.